The Morgan fingerprint density at radius 3 is 3.17 bits per heavy atom. The molecule has 3 N–H and O–H groups in total. The van der Waals surface area contributed by atoms with Crippen molar-refractivity contribution in [1.82, 2.24) is 10.3 Å². The largest absolute Gasteiger partial charge is 0.350 e. The van der Waals surface area contributed by atoms with Crippen LogP contribution in [-0.2, 0) is 11.3 Å². The Labute approximate surface area is 74.8 Å². The van der Waals surface area contributed by atoms with E-state index in [0.717, 1.165) is 5.01 Å². The second-order valence-corrected chi connectivity index (χ2v) is 3.22. The van der Waals surface area contributed by atoms with Crippen molar-refractivity contribution in [2.75, 3.05) is 6.54 Å². The Kier molecular flexibility index (Phi) is 3.69. The van der Waals surface area contributed by atoms with Gasteiger partial charge in [0.2, 0.25) is 5.91 Å². The van der Waals surface area contributed by atoms with Gasteiger partial charge in [0.05, 0.1) is 6.54 Å². The quantitative estimate of drug-likeness (QED) is 0.699. The highest BCUT2D eigenvalue weighted by molar-refractivity contribution is 7.09. The molecule has 0 aliphatic carbocycles. The molecular weight excluding hydrogens is 174 g/mol. The number of carbonyl (C=O) groups is 1. The average molecular weight is 185 g/mol. The Bertz CT molecular complexity index is 235. The fourth-order valence-corrected chi connectivity index (χ4v) is 1.29. The summed E-state index contributed by atoms with van der Waals surface area (Å²) in [7, 11) is 0. The number of rotatable bonds is 4. The molecule has 0 aliphatic rings. The molecule has 0 saturated heterocycles. The molecule has 0 fully saturated rings. The molecule has 12 heavy (non-hydrogen) atoms. The Balaban J connectivity index is 2.22. The van der Waals surface area contributed by atoms with Gasteiger partial charge >= 0.3 is 0 Å². The highest BCUT2D eigenvalue weighted by Crippen LogP contribution is 2.02. The third-order valence-corrected chi connectivity index (χ3v) is 2.07. The van der Waals surface area contributed by atoms with Crippen LogP contribution in [0.4, 0.5) is 0 Å². The first kappa shape index (κ1) is 9.15. The summed E-state index contributed by atoms with van der Waals surface area (Å²) in [4.78, 5) is 14.9. The highest BCUT2D eigenvalue weighted by Gasteiger charge is 1.99. The van der Waals surface area contributed by atoms with Gasteiger partial charge in [0, 0.05) is 24.5 Å². The number of hydrogen-bond acceptors (Lipinski definition) is 4. The summed E-state index contributed by atoms with van der Waals surface area (Å²) in [6.07, 6.45) is 2.10. The van der Waals surface area contributed by atoms with E-state index in [-0.39, 0.29) is 5.91 Å². The average Bonchev–Trinajstić information content (AvgIpc) is 2.53. The summed E-state index contributed by atoms with van der Waals surface area (Å²) >= 11 is 1.53. The van der Waals surface area contributed by atoms with E-state index < -0.39 is 0 Å². The van der Waals surface area contributed by atoms with E-state index in [1.165, 1.54) is 11.3 Å². The molecule has 0 spiro atoms. The fourth-order valence-electron chi connectivity index (χ4n) is 0.734. The van der Waals surface area contributed by atoms with Gasteiger partial charge < -0.3 is 11.1 Å². The molecule has 0 atom stereocenters. The molecule has 5 heteroatoms. The standard InChI is InChI=1S/C7H11N3OS/c8-2-1-6(11)10-5-7-9-3-4-12-7/h3-4H,1-2,5,8H2,(H,10,11). The fraction of sp³-hybridized carbons (Fsp3) is 0.429. The molecule has 1 aromatic rings. The topological polar surface area (TPSA) is 68.0 Å². The number of thiazole rings is 1. The summed E-state index contributed by atoms with van der Waals surface area (Å²) in [6, 6.07) is 0. The maximum absolute atomic E-state index is 10.9. The molecule has 0 bridgehead atoms. The Morgan fingerprint density at radius 1 is 1.75 bits per heavy atom. The van der Waals surface area contributed by atoms with Crippen LogP contribution in [0.25, 0.3) is 0 Å². The van der Waals surface area contributed by atoms with Crippen molar-refractivity contribution in [3.05, 3.63) is 16.6 Å². The molecule has 0 aliphatic heterocycles. The van der Waals surface area contributed by atoms with Gasteiger partial charge in [-0.25, -0.2) is 4.98 Å². The number of carbonyl (C=O) groups excluding carboxylic acids is 1. The van der Waals surface area contributed by atoms with E-state index >= 15 is 0 Å². The second kappa shape index (κ2) is 4.84. The van der Waals surface area contributed by atoms with Crippen LogP contribution in [0.2, 0.25) is 0 Å². The van der Waals surface area contributed by atoms with E-state index in [9.17, 15) is 4.79 Å². The second-order valence-electron chi connectivity index (χ2n) is 2.24. The zero-order valence-electron chi connectivity index (χ0n) is 6.62. The van der Waals surface area contributed by atoms with Crippen molar-refractivity contribution in [2.24, 2.45) is 5.73 Å². The zero-order chi connectivity index (χ0) is 8.81. The van der Waals surface area contributed by atoms with Crippen molar-refractivity contribution >= 4 is 17.2 Å². The van der Waals surface area contributed by atoms with Crippen molar-refractivity contribution in [3.8, 4) is 0 Å². The lowest BCUT2D eigenvalue weighted by atomic mass is 10.4. The van der Waals surface area contributed by atoms with E-state index in [0.29, 0.717) is 19.5 Å². The predicted molar refractivity (Wildman–Crippen MR) is 47.6 cm³/mol. The minimum Gasteiger partial charge on any atom is -0.350 e. The summed E-state index contributed by atoms with van der Waals surface area (Å²) in [6.45, 7) is 0.903. The van der Waals surface area contributed by atoms with Crippen LogP contribution < -0.4 is 11.1 Å². The van der Waals surface area contributed by atoms with Crippen LogP contribution in [0.3, 0.4) is 0 Å². The first-order chi connectivity index (χ1) is 5.83. The third-order valence-electron chi connectivity index (χ3n) is 1.29. The summed E-state index contributed by atoms with van der Waals surface area (Å²) in [5, 5.41) is 5.51. The number of nitrogens with two attached hydrogens (primary N) is 1. The molecule has 0 unspecified atom stereocenters. The van der Waals surface area contributed by atoms with Crippen LogP contribution in [0.5, 0.6) is 0 Å². The molecule has 1 amide bonds. The molecule has 0 radical (unpaired) electrons. The number of nitrogens with one attached hydrogen (secondary N) is 1. The minimum atomic E-state index is -0.0206. The molecular formula is C7H11N3OS. The monoisotopic (exact) mass is 185 g/mol. The van der Waals surface area contributed by atoms with Crippen LogP contribution in [0, 0.1) is 0 Å². The van der Waals surface area contributed by atoms with Gasteiger partial charge in [0.25, 0.3) is 0 Å². The Hall–Kier alpha value is -0.940. The van der Waals surface area contributed by atoms with E-state index in [2.05, 4.69) is 10.3 Å². The van der Waals surface area contributed by atoms with Gasteiger partial charge in [-0.2, -0.15) is 0 Å². The maximum Gasteiger partial charge on any atom is 0.221 e. The summed E-state index contributed by atoms with van der Waals surface area (Å²) in [5.41, 5.74) is 5.20. The van der Waals surface area contributed by atoms with Crippen LogP contribution in [0.15, 0.2) is 11.6 Å². The molecule has 1 heterocycles. The molecule has 1 rings (SSSR count). The summed E-state index contributed by atoms with van der Waals surface area (Å²) < 4.78 is 0. The lowest BCUT2D eigenvalue weighted by Crippen LogP contribution is -2.24. The Morgan fingerprint density at radius 2 is 2.58 bits per heavy atom. The third kappa shape index (κ3) is 2.98. The zero-order valence-corrected chi connectivity index (χ0v) is 7.43. The predicted octanol–water partition coefficient (Wildman–Crippen LogP) is 0.108. The number of hydrogen-bond donors (Lipinski definition) is 2. The SMILES string of the molecule is NCCC(=O)NCc1nccs1. The van der Waals surface area contributed by atoms with Gasteiger partial charge in [-0.15, -0.1) is 11.3 Å². The van der Waals surface area contributed by atoms with Crippen molar-refractivity contribution < 1.29 is 4.79 Å². The lowest BCUT2D eigenvalue weighted by molar-refractivity contribution is -0.121. The van der Waals surface area contributed by atoms with Gasteiger partial charge in [-0.1, -0.05) is 0 Å². The normalized spacial score (nSPS) is 9.75. The maximum atomic E-state index is 10.9. The van der Waals surface area contributed by atoms with Gasteiger partial charge in [0.1, 0.15) is 5.01 Å². The van der Waals surface area contributed by atoms with Crippen molar-refractivity contribution in [3.63, 3.8) is 0 Å². The van der Waals surface area contributed by atoms with Crippen molar-refractivity contribution in [1.29, 1.82) is 0 Å². The highest BCUT2D eigenvalue weighted by atomic mass is 32.1. The van der Waals surface area contributed by atoms with E-state index in [1.807, 2.05) is 5.38 Å². The van der Waals surface area contributed by atoms with Crippen LogP contribution >= 0.6 is 11.3 Å². The van der Waals surface area contributed by atoms with E-state index in [1.54, 1.807) is 6.20 Å². The smallest absolute Gasteiger partial charge is 0.221 e. The molecule has 66 valence electrons. The van der Waals surface area contributed by atoms with Crippen LogP contribution in [0.1, 0.15) is 11.4 Å². The van der Waals surface area contributed by atoms with E-state index in [4.69, 9.17) is 5.73 Å². The number of aromatic nitrogens is 1. The summed E-state index contributed by atoms with van der Waals surface area (Å²) in [5.74, 6) is -0.0206. The number of amides is 1. The minimum absolute atomic E-state index is 0.0206. The molecule has 4 nitrogen and oxygen atoms in total. The lowest BCUT2D eigenvalue weighted by Gasteiger charge is -1.99. The first-order valence-corrected chi connectivity index (χ1v) is 4.56. The van der Waals surface area contributed by atoms with Gasteiger partial charge in [0.15, 0.2) is 0 Å². The van der Waals surface area contributed by atoms with Gasteiger partial charge in [-0.3, -0.25) is 4.79 Å². The van der Waals surface area contributed by atoms with Crippen molar-refractivity contribution in [2.45, 2.75) is 13.0 Å². The molecule has 0 saturated carbocycles. The molecule has 1 aromatic heterocycles. The number of nitrogens with zero attached hydrogens (tertiary/aromatic N) is 1. The van der Waals surface area contributed by atoms with Crippen LogP contribution in [-0.4, -0.2) is 17.4 Å². The first-order valence-electron chi connectivity index (χ1n) is 3.68. The molecule has 0 aromatic carbocycles. The van der Waals surface area contributed by atoms with Gasteiger partial charge in [-0.05, 0) is 0 Å².